The van der Waals surface area contributed by atoms with Crippen LogP contribution in [0.15, 0.2) is 18.2 Å². The summed E-state index contributed by atoms with van der Waals surface area (Å²) in [6.07, 6.45) is 7.50. The molecule has 1 heterocycles. The first kappa shape index (κ1) is 29.2. The molecule has 10 heteroatoms. The van der Waals surface area contributed by atoms with Crippen LogP contribution in [0, 0.1) is 28.5 Å². The van der Waals surface area contributed by atoms with Gasteiger partial charge in [-0.15, -0.1) is 0 Å². The Morgan fingerprint density at radius 2 is 1.75 bits per heavy atom. The lowest BCUT2D eigenvalue weighted by Gasteiger charge is -2.65. The molecule has 0 aromatic heterocycles. The highest BCUT2D eigenvalue weighted by atomic mass is 19.1. The lowest BCUT2D eigenvalue weighted by atomic mass is 9.43. The fourth-order valence-corrected chi connectivity index (χ4v) is 9.33. The highest BCUT2D eigenvalue weighted by Crippen LogP contribution is 2.66. The molecule has 222 valence electrons. The molecule has 40 heavy (non-hydrogen) atoms. The Balaban J connectivity index is 1.42. The van der Waals surface area contributed by atoms with E-state index < -0.39 is 42.7 Å². The van der Waals surface area contributed by atoms with Crippen molar-refractivity contribution in [3.05, 3.63) is 29.6 Å². The van der Waals surface area contributed by atoms with E-state index in [-0.39, 0.29) is 28.3 Å². The number of primary amides is 1. The second-order valence-corrected chi connectivity index (χ2v) is 14.1. The first-order valence-corrected chi connectivity index (χ1v) is 14.6. The molecule has 3 amide bonds. The zero-order chi connectivity index (χ0) is 28.9. The Bertz CT molecular complexity index is 1120. The molecule has 4 saturated carbocycles. The number of carbonyl (C=O) groups excluding carboxylic acids is 2. The first-order valence-electron chi connectivity index (χ1n) is 14.6. The van der Waals surface area contributed by atoms with Crippen LogP contribution in [0.2, 0.25) is 0 Å². The maximum atomic E-state index is 15.8. The number of aliphatic hydroxyl groups excluding tert-OH is 3. The summed E-state index contributed by atoms with van der Waals surface area (Å²) < 4.78 is 15.8. The lowest BCUT2D eigenvalue weighted by Crippen LogP contribution is -2.69. The van der Waals surface area contributed by atoms with Crippen LogP contribution in [-0.4, -0.2) is 76.1 Å². The van der Waals surface area contributed by atoms with Crippen LogP contribution in [-0.2, 0) is 11.3 Å². The van der Waals surface area contributed by atoms with Gasteiger partial charge in [0.2, 0.25) is 5.91 Å². The summed E-state index contributed by atoms with van der Waals surface area (Å²) in [5.41, 5.74) is 4.05. The third-order valence-corrected chi connectivity index (χ3v) is 10.1. The molecule has 1 aliphatic heterocycles. The van der Waals surface area contributed by atoms with Crippen LogP contribution < -0.4 is 16.0 Å². The second kappa shape index (κ2) is 10.5. The monoisotopic (exact) mass is 560 g/mol. The number of piperidine rings is 1. The molecular weight excluding hydrogens is 515 g/mol. The normalized spacial score (nSPS) is 33.6. The quantitative estimate of drug-likeness (QED) is 0.315. The summed E-state index contributed by atoms with van der Waals surface area (Å²) in [4.78, 5) is 28.8. The molecule has 1 saturated heterocycles. The van der Waals surface area contributed by atoms with E-state index >= 15 is 4.39 Å². The van der Waals surface area contributed by atoms with Gasteiger partial charge in [-0.1, -0.05) is 19.9 Å². The van der Waals surface area contributed by atoms with Crippen molar-refractivity contribution in [1.29, 1.82) is 0 Å². The second-order valence-electron chi connectivity index (χ2n) is 14.1. The Morgan fingerprint density at radius 1 is 1.10 bits per heavy atom. The Kier molecular flexibility index (Phi) is 7.70. The maximum absolute atomic E-state index is 15.8. The number of amides is 3. The van der Waals surface area contributed by atoms with E-state index in [1.165, 1.54) is 12.1 Å². The van der Waals surface area contributed by atoms with Crippen LogP contribution >= 0.6 is 0 Å². The van der Waals surface area contributed by atoms with Gasteiger partial charge < -0.3 is 26.4 Å². The largest absolute Gasteiger partial charge is 0.394 e. The van der Waals surface area contributed by atoms with Crippen molar-refractivity contribution in [2.24, 2.45) is 28.4 Å². The van der Waals surface area contributed by atoms with Crippen LogP contribution in [0.3, 0.4) is 0 Å². The van der Waals surface area contributed by atoms with E-state index in [0.29, 0.717) is 24.6 Å². The first-order chi connectivity index (χ1) is 18.9. The summed E-state index contributed by atoms with van der Waals surface area (Å²) in [6, 6.07) is 3.89. The number of carbonyl (C=O) groups is 2. The van der Waals surface area contributed by atoms with E-state index in [1.807, 2.05) is 0 Å². The zero-order valence-corrected chi connectivity index (χ0v) is 23.8. The average molecular weight is 561 g/mol. The average Bonchev–Trinajstić information content (AvgIpc) is 2.86. The van der Waals surface area contributed by atoms with Gasteiger partial charge in [-0.2, -0.15) is 0 Å². The number of hydrogen-bond donors (Lipinski definition) is 5. The number of anilines is 1. The van der Waals surface area contributed by atoms with Crippen molar-refractivity contribution in [1.82, 2.24) is 10.2 Å². The van der Waals surface area contributed by atoms with E-state index in [9.17, 15) is 24.9 Å². The molecule has 9 nitrogen and oxygen atoms in total. The number of nitrogens with two attached hydrogens (primary N) is 1. The van der Waals surface area contributed by atoms with Gasteiger partial charge in [-0.25, -0.2) is 9.18 Å². The number of hydrogen-bond acceptors (Lipinski definition) is 6. The molecule has 1 aromatic rings. The van der Waals surface area contributed by atoms with Gasteiger partial charge in [0, 0.05) is 18.6 Å². The molecule has 5 fully saturated rings. The summed E-state index contributed by atoms with van der Waals surface area (Å²) in [6.45, 7) is 4.04. The highest BCUT2D eigenvalue weighted by Gasteiger charge is 2.61. The number of halogens is 1. The highest BCUT2D eigenvalue weighted by molar-refractivity contribution is 5.94. The van der Waals surface area contributed by atoms with Gasteiger partial charge in [0.15, 0.2) is 0 Å². The molecule has 4 bridgehead atoms. The minimum atomic E-state index is -1.80. The minimum Gasteiger partial charge on any atom is -0.394 e. The fourth-order valence-electron chi connectivity index (χ4n) is 9.33. The number of benzene rings is 1. The minimum absolute atomic E-state index is 0.116. The zero-order valence-electron chi connectivity index (χ0n) is 23.8. The predicted octanol–water partition coefficient (Wildman–Crippen LogP) is 2.50. The van der Waals surface area contributed by atoms with Gasteiger partial charge >= 0.3 is 6.03 Å². The van der Waals surface area contributed by atoms with Crippen LogP contribution in [0.4, 0.5) is 14.9 Å². The number of nitrogens with one attached hydrogen (secondary N) is 1. The molecule has 5 aliphatic rings. The van der Waals surface area contributed by atoms with Crippen LogP contribution in [0.5, 0.6) is 0 Å². The van der Waals surface area contributed by atoms with Gasteiger partial charge in [0.1, 0.15) is 11.4 Å². The molecule has 6 rings (SSSR count). The Hall–Kier alpha value is -2.27. The summed E-state index contributed by atoms with van der Waals surface area (Å²) in [7, 11) is 0. The molecule has 0 radical (unpaired) electrons. The van der Waals surface area contributed by atoms with Crippen molar-refractivity contribution in [3.63, 3.8) is 0 Å². The molecule has 3 unspecified atom stereocenters. The SMILES string of the molecule is CC12CC3CC(C)(C1)CC(NC(=O)N(c1ccc(CN4CCCC(C(N)=O)C4)cc1F)C(CO)(CO)CO)(C3)C2. The lowest BCUT2D eigenvalue weighted by molar-refractivity contribution is -0.123. The Morgan fingerprint density at radius 3 is 2.30 bits per heavy atom. The van der Waals surface area contributed by atoms with Crippen molar-refractivity contribution >= 4 is 17.6 Å². The molecular formula is C30H45FN4O5. The third kappa shape index (κ3) is 5.35. The maximum Gasteiger partial charge on any atom is 0.323 e. The van der Waals surface area contributed by atoms with E-state index in [0.717, 1.165) is 62.8 Å². The number of likely N-dealkylation sites (tertiary alicyclic amines) is 1. The number of urea groups is 1. The van der Waals surface area contributed by atoms with E-state index in [4.69, 9.17) is 5.73 Å². The predicted molar refractivity (Wildman–Crippen MR) is 149 cm³/mol. The van der Waals surface area contributed by atoms with Crippen LogP contribution in [0.1, 0.15) is 70.8 Å². The molecule has 1 aromatic carbocycles. The van der Waals surface area contributed by atoms with Crippen molar-refractivity contribution < 1.29 is 29.3 Å². The van der Waals surface area contributed by atoms with Crippen molar-refractivity contribution in [2.45, 2.75) is 82.8 Å². The molecule has 4 aliphatic carbocycles. The van der Waals surface area contributed by atoms with Crippen LogP contribution in [0.25, 0.3) is 0 Å². The summed E-state index contributed by atoms with van der Waals surface area (Å²) >= 11 is 0. The molecule has 3 atom stereocenters. The van der Waals surface area contributed by atoms with Gasteiger partial charge in [-0.3, -0.25) is 14.6 Å². The van der Waals surface area contributed by atoms with Crippen molar-refractivity contribution in [2.75, 3.05) is 37.8 Å². The van der Waals surface area contributed by atoms with E-state index in [1.54, 1.807) is 6.07 Å². The number of aliphatic hydroxyl groups is 3. The summed E-state index contributed by atoms with van der Waals surface area (Å²) in [5.74, 6) is -0.743. The number of nitrogens with zero attached hydrogens (tertiary/aromatic N) is 2. The van der Waals surface area contributed by atoms with Gasteiger partial charge in [0.25, 0.3) is 0 Å². The van der Waals surface area contributed by atoms with Gasteiger partial charge in [-0.05, 0) is 92.4 Å². The number of rotatable bonds is 9. The van der Waals surface area contributed by atoms with Gasteiger partial charge in [0.05, 0.1) is 31.4 Å². The third-order valence-electron chi connectivity index (χ3n) is 10.1. The fraction of sp³-hybridized carbons (Fsp3) is 0.733. The summed E-state index contributed by atoms with van der Waals surface area (Å²) in [5, 5.41) is 34.1. The Labute approximate surface area is 235 Å². The molecule has 0 spiro atoms. The smallest absolute Gasteiger partial charge is 0.323 e. The topological polar surface area (TPSA) is 139 Å². The standard InChI is InChI=1S/C30H45FN4O5/c1-27-9-21-10-28(2,14-27)16-29(11-21,15-27)33-26(40)35(30(17-36,18-37)19-38)24-6-5-20(8-23(24)31)12-34-7-3-4-22(13-34)25(32)39/h5-6,8,21-22,36-38H,3-4,7,9-19H2,1-2H3,(H2,32,39)(H,33,40). The van der Waals surface area contributed by atoms with Crippen molar-refractivity contribution in [3.8, 4) is 0 Å². The van der Waals surface area contributed by atoms with E-state index in [2.05, 4.69) is 24.1 Å². The molecule has 6 N–H and O–H groups in total.